The monoisotopic (exact) mass is 268 g/mol. The second kappa shape index (κ2) is 5.87. The van der Waals surface area contributed by atoms with Crippen LogP contribution in [0.3, 0.4) is 0 Å². The van der Waals surface area contributed by atoms with E-state index in [0.29, 0.717) is 10.6 Å². The van der Waals surface area contributed by atoms with Gasteiger partial charge >= 0.3 is 5.97 Å². The zero-order chi connectivity index (χ0) is 13.8. The van der Waals surface area contributed by atoms with Gasteiger partial charge in [0.25, 0.3) is 0 Å². The van der Waals surface area contributed by atoms with Gasteiger partial charge in [-0.1, -0.05) is 22.8 Å². The third-order valence-electron chi connectivity index (χ3n) is 1.84. The van der Waals surface area contributed by atoms with Crippen molar-refractivity contribution in [1.82, 2.24) is 0 Å². The van der Waals surface area contributed by atoms with E-state index in [1.165, 1.54) is 7.11 Å². The minimum absolute atomic E-state index is 0.0225. The van der Waals surface area contributed by atoms with Gasteiger partial charge in [0.1, 0.15) is 12.7 Å². The average Bonchev–Trinajstić information content (AvgIpc) is 2.24. The summed E-state index contributed by atoms with van der Waals surface area (Å²) < 4.78 is 5.24. The molecule has 0 bridgehead atoms. The van der Waals surface area contributed by atoms with Gasteiger partial charge in [-0.15, -0.1) is 0 Å². The molecule has 0 saturated carbocycles. The summed E-state index contributed by atoms with van der Waals surface area (Å²) in [5.74, 6) is -0.592. The number of rotatable bonds is 3. The van der Waals surface area contributed by atoms with Crippen molar-refractivity contribution in [2.75, 3.05) is 7.11 Å². The Balaban J connectivity index is 3.09. The minimum Gasteiger partial charge on any atom is -0.455 e. The van der Waals surface area contributed by atoms with Gasteiger partial charge in [-0.2, -0.15) is 0 Å². The van der Waals surface area contributed by atoms with Gasteiger partial charge < -0.3 is 9.57 Å². The summed E-state index contributed by atoms with van der Waals surface area (Å²) in [5.41, 5.74) is -0.166. The summed E-state index contributed by atoms with van der Waals surface area (Å²) in [6.45, 7) is 5.32. The van der Waals surface area contributed by atoms with E-state index in [2.05, 4.69) is 16.1 Å². The maximum absolute atomic E-state index is 12.0. The predicted molar refractivity (Wildman–Crippen MR) is 69.7 cm³/mol. The fourth-order valence-electron chi connectivity index (χ4n) is 1.21. The molecule has 0 spiro atoms. The molecular weight excluding hydrogens is 254 g/mol. The molecule has 0 heterocycles. The molecule has 1 aromatic rings. The molecule has 0 saturated heterocycles. The second-order valence-corrected chi connectivity index (χ2v) is 4.94. The maximum Gasteiger partial charge on any atom is 0.361 e. The summed E-state index contributed by atoms with van der Waals surface area (Å²) in [4.78, 5) is 16.7. The molecule has 0 aliphatic carbocycles. The molecule has 0 aliphatic heterocycles. The standard InChI is InChI=1S/C13H15ClNO3/c1-13(2,3)18-12(16)11(15-17-4)9-7-5-6-8-10(9)14/h6-8H,1-4H3. The number of carbonyl (C=O) groups excluding carboxylic acids is 1. The lowest BCUT2D eigenvalue weighted by atomic mass is 10.1. The highest BCUT2D eigenvalue weighted by molar-refractivity contribution is 6.47. The van der Waals surface area contributed by atoms with Crippen LogP contribution in [0.25, 0.3) is 0 Å². The summed E-state index contributed by atoms with van der Waals surface area (Å²) in [6.07, 6.45) is 0. The lowest BCUT2D eigenvalue weighted by Crippen LogP contribution is -2.29. The number of benzene rings is 1. The van der Waals surface area contributed by atoms with Gasteiger partial charge in [0.15, 0.2) is 5.71 Å². The van der Waals surface area contributed by atoms with E-state index in [4.69, 9.17) is 16.3 Å². The molecule has 0 aliphatic rings. The van der Waals surface area contributed by atoms with E-state index in [-0.39, 0.29) is 5.71 Å². The molecule has 0 N–H and O–H groups in total. The molecule has 0 unspecified atom stereocenters. The molecule has 18 heavy (non-hydrogen) atoms. The van der Waals surface area contributed by atoms with Gasteiger partial charge in [0.05, 0.1) is 5.02 Å². The number of ether oxygens (including phenoxy) is 1. The molecule has 0 fully saturated rings. The fraction of sp³-hybridized carbons (Fsp3) is 0.385. The molecule has 0 aromatic heterocycles. The van der Waals surface area contributed by atoms with Gasteiger partial charge in [-0.25, -0.2) is 4.79 Å². The van der Waals surface area contributed by atoms with Crippen molar-refractivity contribution in [3.63, 3.8) is 0 Å². The second-order valence-electron chi connectivity index (χ2n) is 4.53. The highest BCUT2D eigenvalue weighted by Crippen LogP contribution is 2.18. The Kier molecular flexibility index (Phi) is 4.73. The van der Waals surface area contributed by atoms with Crippen molar-refractivity contribution >= 4 is 23.3 Å². The van der Waals surface area contributed by atoms with E-state index in [1.54, 1.807) is 39.0 Å². The van der Waals surface area contributed by atoms with Crippen LogP contribution in [-0.4, -0.2) is 24.4 Å². The molecular formula is C13H15ClNO3. The lowest BCUT2D eigenvalue weighted by molar-refractivity contribution is -0.146. The lowest BCUT2D eigenvalue weighted by Gasteiger charge is -2.20. The molecule has 1 rings (SSSR count). The summed E-state index contributed by atoms with van der Waals surface area (Å²) in [6, 6.07) is 7.65. The van der Waals surface area contributed by atoms with Crippen LogP contribution in [0.4, 0.5) is 0 Å². The van der Waals surface area contributed by atoms with E-state index >= 15 is 0 Å². The van der Waals surface area contributed by atoms with Crippen LogP contribution < -0.4 is 0 Å². The number of nitrogens with zero attached hydrogens (tertiary/aromatic N) is 1. The highest BCUT2D eigenvalue weighted by atomic mass is 35.5. The smallest absolute Gasteiger partial charge is 0.361 e. The van der Waals surface area contributed by atoms with Gasteiger partial charge in [0, 0.05) is 5.56 Å². The summed E-state index contributed by atoms with van der Waals surface area (Å²) in [7, 11) is 1.35. The van der Waals surface area contributed by atoms with Crippen molar-refractivity contribution < 1.29 is 14.4 Å². The van der Waals surface area contributed by atoms with Gasteiger partial charge in [-0.05, 0) is 39.0 Å². The summed E-state index contributed by atoms with van der Waals surface area (Å²) >= 11 is 6.01. The van der Waals surface area contributed by atoms with E-state index in [1.807, 2.05) is 0 Å². The molecule has 97 valence electrons. The van der Waals surface area contributed by atoms with Crippen LogP contribution in [0.5, 0.6) is 0 Å². The molecule has 4 nitrogen and oxygen atoms in total. The predicted octanol–water partition coefficient (Wildman–Crippen LogP) is 2.83. The topological polar surface area (TPSA) is 47.9 Å². The molecule has 1 aromatic carbocycles. The van der Waals surface area contributed by atoms with Crippen molar-refractivity contribution in [2.45, 2.75) is 26.4 Å². The Morgan fingerprint density at radius 2 is 2.11 bits per heavy atom. The number of carbonyl (C=O) groups is 1. The normalized spacial score (nSPS) is 12.2. The van der Waals surface area contributed by atoms with Crippen molar-refractivity contribution in [1.29, 1.82) is 0 Å². The third kappa shape index (κ3) is 4.04. The third-order valence-corrected chi connectivity index (χ3v) is 2.17. The zero-order valence-electron chi connectivity index (χ0n) is 10.8. The SMILES string of the molecule is CON=C(C(=O)OC(C)(C)C)c1c[c]ccc1Cl. The van der Waals surface area contributed by atoms with Crippen LogP contribution in [0, 0.1) is 6.07 Å². The Bertz CT molecular complexity index is 464. The molecule has 0 atom stereocenters. The van der Waals surface area contributed by atoms with Crippen LogP contribution in [0.1, 0.15) is 26.3 Å². The van der Waals surface area contributed by atoms with Crippen LogP contribution in [0.2, 0.25) is 5.02 Å². The number of hydrogen-bond donors (Lipinski definition) is 0. The molecule has 5 heteroatoms. The molecule has 1 radical (unpaired) electrons. The van der Waals surface area contributed by atoms with E-state index in [0.717, 1.165) is 0 Å². The van der Waals surface area contributed by atoms with Crippen molar-refractivity contribution in [3.8, 4) is 0 Å². The van der Waals surface area contributed by atoms with Crippen LogP contribution in [-0.2, 0) is 14.4 Å². The largest absolute Gasteiger partial charge is 0.455 e. The first-order chi connectivity index (χ1) is 8.35. The number of hydrogen-bond acceptors (Lipinski definition) is 4. The molecule has 0 amide bonds. The quantitative estimate of drug-likeness (QED) is 0.481. The van der Waals surface area contributed by atoms with Crippen molar-refractivity contribution in [3.05, 3.63) is 34.9 Å². The Labute approximate surface area is 112 Å². The number of esters is 1. The van der Waals surface area contributed by atoms with Crippen LogP contribution in [0.15, 0.2) is 23.4 Å². The first-order valence-corrected chi connectivity index (χ1v) is 5.73. The Morgan fingerprint density at radius 1 is 1.44 bits per heavy atom. The first kappa shape index (κ1) is 14.5. The van der Waals surface area contributed by atoms with Gasteiger partial charge in [0.2, 0.25) is 0 Å². The minimum atomic E-state index is -0.615. The Morgan fingerprint density at radius 3 is 2.61 bits per heavy atom. The number of oxime groups is 1. The first-order valence-electron chi connectivity index (χ1n) is 5.35. The fourth-order valence-corrected chi connectivity index (χ4v) is 1.41. The van der Waals surface area contributed by atoms with E-state index in [9.17, 15) is 4.79 Å². The highest BCUT2D eigenvalue weighted by Gasteiger charge is 2.24. The van der Waals surface area contributed by atoms with E-state index < -0.39 is 11.6 Å². The maximum atomic E-state index is 12.0. The Hall–Kier alpha value is -1.55. The average molecular weight is 269 g/mol. The van der Waals surface area contributed by atoms with Crippen molar-refractivity contribution in [2.24, 2.45) is 5.16 Å². The zero-order valence-corrected chi connectivity index (χ0v) is 11.5. The van der Waals surface area contributed by atoms with Gasteiger partial charge in [-0.3, -0.25) is 0 Å². The number of halogens is 1. The summed E-state index contributed by atoms with van der Waals surface area (Å²) in [5, 5.41) is 4.06. The van der Waals surface area contributed by atoms with Crippen LogP contribution >= 0.6 is 11.6 Å².